The Morgan fingerprint density at radius 2 is 1.42 bits per heavy atom. The van der Waals surface area contributed by atoms with Crippen LogP contribution in [-0.4, -0.2) is 61.2 Å². The van der Waals surface area contributed by atoms with E-state index in [4.69, 9.17) is 28.4 Å². The van der Waals surface area contributed by atoms with Crippen molar-refractivity contribution in [1.82, 2.24) is 5.32 Å². The Balaban J connectivity index is 1.74. The molecule has 0 unspecified atom stereocenters. The predicted octanol–water partition coefficient (Wildman–Crippen LogP) is 3.11. The average Bonchev–Trinajstić information content (AvgIpc) is 2.81. The number of methoxy groups -OCH3 is 5. The standard InChI is InChI=1S/C23H31NO7/c1-26-18-8-7-16(13-19(18)27-2)9-11-24-10-6-12-31-23(25)17-14-20(28-3)22(30-5)21(15-17)29-4/h7-8,13-15,24H,6,9-12H2,1-5H3. The lowest BCUT2D eigenvalue weighted by Gasteiger charge is -2.14. The molecule has 0 aliphatic rings. The molecule has 8 heteroatoms. The van der Waals surface area contributed by atoms with Crippen LogP contribution < -0.4 is 29.0 Å². The molecule has 0 aromatic heterocycles. The molecule has 0 fully saturated rings. The fourth-order valence-corrected chi connectivity index (χ4v) is 3.04. The summed E-state index contributed by atoms with van der Waals surface area (Å²) in [5.74, 6) is 2.24. The zero-order valence-electron chi connectivity index (χ0n) is 18.8. The van der Waals surface area contributed by atoms with Gasteiger partial charge in [0.2, 0.25) is 5.75 Å². The first-order valence-electron chi connectivity index (χ1n) is 9.96. The average molecular weight is 434 g/mol. The van der Waals surface area contributed by atoms with Crippen molar-refractivity contribution in [3.63, 3.8) is 0 Å². The molecule has 0 aliphatic carbocycles. The third kappa shape index (κ3) is 6.68. The summed E-state index contributed by atoms with van der Waals surface area (Å²) in [7, 11) is 7.75. The molecule has 0 spiro atoms. The van der Waals surface area contributed by atoms with Gasteiger partial charge in [0.1, 0.15) is 0 Å². The maximum Gasteiger partial charge on any atom is 0.338 e. The molecular formula is C23H31NO7. The van der Waals surface area contributed by atoms with Gasteiger partial charge in [0.05, 0.1) is 47.7 Å². The van der Waals surface area contributed by atoms with Gasteiger partial charge in [0, 0.05) is 0 Å². The van der Waals surface area contributed by atoms with E-state index in [1.54, 1.807) is 26.4 Å². The molecule has 1 N–H and O–H groups in total. The lowest BCUT2D eigenvalue weighted by Crippen LogP contribution is -2.20. The first kappa shape index (κ1) is 24.1. The van der Waals surface area contributed by atoms with Gasteiger partial charge in [-0.15, -0.1) is 0 Å². The van der Waals surface area contributed by atoms with E-state index in [0.717, 1.165) is 30.8 Å². The van der Waals surface area contributed by atoms with Crippen LogP contribution in [0.4, 0.5) is 0 Å². The summed E-state index contributed by atoms with van der Waals surface area (Å²) in [5, 5.41) is 3.35. The van der Waals surface area contributed by atoms with Gasteiger partial charge < -0.3 is 33.7 Å². The molecule has 0 bridgehead atoms. The summed E-state index contributed by atoms with van der Waals surface area (Å²) >= 11 is 0. The molecule has 0 heterocycles. The minimum atomic E-state index is -0.440. The summed E-state index contributed by atoms with van der Waals surface area (Å²) in [6, 6.07) is 9.04. The largest absolute Gasteiger partial charge is 0.493 e. The zero-order chi connectivity index (χ0) is 22.6. The van der Waals surface area contributed by atoms with E-state index in [1.807, 2.05) is 18.2 Å². The molecular weight excluding hydrogens is 402 g/mol. The number of carbonyl (C=O) groups is 1. The third-order valence-electron chi connectivity index (χ3n) is 4.67. The van der Waals surface area contributed by atoms with Gasteiger partial charge in [-0.05, 0) is 55.8 Å². The molecule has 170 valence electrons. The molecule has 0 saturated heterocycles. The normalized spacial score (nSPS) is 10.4. The smallest absolute Gasteiger partial charge is 0.338 e. The Morgan fingerprint density at radius 3 is 2.00 bits per heavy atom. The predicted molar refractivity (Wildman–Crippen MR) is 117 cm³/mol. The number of hydrogen-bond acceptors (Lipinski definition) is 8. The Labute approximate surface area is 183 Å². The van der Waals surface area contributed by atoms with Crippen LogP contribution in [0.25, 0.3) is 0 Å². The Kier molecular flexibility index (Phi) is 9.77. The lowest BCUT2D eigenvalue weighted by molar-refractivity contribution is 0.0500. The van der Waals surface area contributed by atoms with Gasteiger partial charge in [-0.25, -0.2) is 4.79 Å². The maximum atomic E-state index is 12.4. The van der Waals surface area contributed by atoms with Crippen LogP contribution in [0.5, 0.6) is 28.7 Å². The fraction of sp³-hybridized carbons (Fsp3) is 0.435. The van der Waals surface area contributed by atoms with E-state index in [-0.39, 0.29) is 0 Å². The summed E-state index contributed by atoms with van der Waals surface area (Å²) in [5.41, 5.74) is 1.50. The molecule has 0 radical (unpaired) electrons. The number of rotatable bonds is 13. The molecule has 0 amide bonds. The van der Waals surface area contributed by atoms with Crippen LogP contribution in [0.1, 0.15) is 22.3 Å². The van der Waals surface area contributed by atoms with Crippen LogP contribution in [-0.2, 0) is 11.2 Å². The van der Waals surface area contributed by atoms with Crippen LogP contribution in [0, 0.1) is 0 Å². The SMILES string of the molecule is COc1ccc(CCNCCCOC(=O)c2cc(OC)c(OC)c(OC)c2)cc1OC. The van der Waals surface area contributed by atoms with Crippen molar-refractivity contribution < 1.29 is 33.2 Å². The number of carbonyl (C=O) groups excluding carboxylic acids is 1. The molecule has 2 rings (SSSR count). The Morgan fingerprint density at radius 1 is 0.774 bits per heavy atom. The van der Waals surface area contributed by atoms with E-state index in [2.05, 4.69) is 5.32 Å². The minimum Gasteiger partial charge on any atom is -0.493 e. The highest BCUT2D eigenvalue weighted by Crippen LogP contribution is 2.38. The van der Waals surface area contributed by atoms with Gasteiger partial charge >= 0.3 is 5.97 Å². The van der Waals surface area contributed by atoms with Crippen molar-refractivity contribution in [2.75, 3.05) is 55.2 Å². The number of benzene rings is 2. The highest BCUT2D eigenvalue weighted by molar-refractivity contribution is 5.91. The van der Waals surface area contributed by atoms with Gasteiger partial charge in [-0.2, -0.15) is 0 Å². The van der Waals surface area contributed by atoms with E-state index < -0.39 is 5.97 Å². The monoisotopic (exact) mass is 433 g/mol. The number of esters is 1. The van der Waals surface area contributed by atoms with Crippen molar-refractivity contribution in [3.05, 3.63) is 41.5 Å². The van der Waals surface area contributed by atoms with Crippen molar-refractivity contribution >= 4 is 5.97 Å². The van der Waals surface area contributed by atoms with Crippen LogP contribution >= 0.6 is 0 Å². The van der Waals surface area contributed by atoms with Gasteiger partial charge in [0.25, 0.3) is 0 Å². The maximum absolute atomic E-state index is 12.4. The van der Waals surface area contributed by atoms with E-state index >= 15 is 0 Å². The molecule has 8 nitrogen and oxygen atoms in total. The molecule has 2 aromatic carbocycles. The zero-order valence-corrected chi connectivity index (χ0v) is 18.8. The second kappa shape index (κ2) is 12.5. The Bertz CT molecular complexity index is 829. The summed E-state index contributed by atoms with van der Waals surface area (Å²) in [6.07, 6.45) is 1.55. The van der Waals surface area contributed by atoms with Gasteiger partial charge in [0.15, 0.2) is 23.0 Å². The van der Waals surface area contributed by atoms with Crippen LogP contribution in [0.3, 0.4) is 0 Å². The topological polar surface area (TPSA) is 84.5 Å². The molecule has 0 atom stereocenters. The van der Waals surface area contributed by atoms with Crippen LogP contribution in [0.2, 0.25) is 0 Å². The summed E-state index contributed by atoms with van der Waals surface area (Å²) in [6.45, 7) is 1.84. The third-order valence-corrected chi connectivity index (χ3v) is 4.67. The molecule has 2 aromatic rings. The van der Waals surface area contributed by atoms with Crippen molar-refractivity contribution in [1.29, 1.82) is 0 Å². The first-order valence-corrected chi connectivity index (χ1v) is 9.96. The molecule has 0 aliphatic heterocycles. The van der Waals surface area contributed by atoms with Crippen molar-refractivity contribution in [2.45, 2.75) is 12.8 Å². The minimum absolute atomic E-state index is 0.304. The second-order valence-corrected chi connectivity index (χ2v) is 6.59. The highest BCUT2D eigenvalue weighted by atomic mass is 16.5. The Hall–Kier alpha value is -3.13. The summed E-state index contributed by atoms with van der Waals surface area (Å²) < 4.78 is 31.7. The van der Waals surface area contributed by atoms with Gasteiger partial charge in [-0.1, -0.05) is 6.07 Å². The lowest BCUT2D eigenvalue weighted by atomic mass is 10.1. The van der Waals surface area contributed by atoms with E-state index in [9.17, 15) is 4.79 Å². The van der Waals surface area contributed by atoms with E-state index in [0.29, 0.717) is 41.6 Å². The molecule has 31 heavy (non-hydrogen) atoms. The molecule has 0 saturated carbocycles. The van der Waals surface area contributed by atoms with Crippen LogP contribution in [0.15, 0.2) is 30.3 Å². The number of ether oxygens (including phenoxy) is 6. The number of nitrogens with one attached hydrogen (secondary N) is 1. The van der Waals surface area contributed by atoms with Crippen molar-refractivity contribution in [2.24, 2.45) is 0 Å². The fourth-order valence-electron chi connectivity index (χ4n) is 3.04. The quantitative estimate of drug-likeness (QED) is 0.381. The summed E-state index contributed by atoms with van der Waals surface area (Å²) in [4.78, 5) is 12.4. The van der Waals surface area contributed by atoms with Gasteiger partial charge in [-0.3, -0.25) is 0 Å². The highest BCUT2D eigenvalue weighted by Gasteiger charge is 2.17. The van der Waals surface area contributed by atoms with E-state index in [1.165, 1.54) is 21.3 Å². The number of hydrogen-bond donors (Lipinski definition) is 1. The first-order chi connectivity index (χ1) is 15.1. The second-order valence-electron chi connectivity index (χ2n) is 6.59. The van der Waals surface area contributed by atoms with Crippen molar-refractivity contribution in [3.8, 4) is 28.7 Å².